The number of ether oxygens (including phenoxy) is 3. The summed E-state index contributed by atoms with van der Waals surface area (Å²) in [6.45, 7) is 3.89. The van der Waals surface area contributed by atoms with Gasteiger partial charge in [-0.05, 0) is 83.8 Å². The Morgan fingerprint density at radius 2 is 1.49 bits per heavy atom. The fourth-order valence-electron chi connectivity index (χ4n) is 4.80. The third-order valence-electron chi connectivity index (χ3n) is 6.73. The van der Waals surface area contributed by atoms with E-state index in [1.807, 2.05) is 48.7 Å². The van der Waals surface area contributed by atoms with Crippen molar-refractivity contribution in [3.05, 3.63) is 114 Å². The van der Waals surface area contributed by atoms with E-state index in [1.165, 1.54) is 19.1 Å². The van der Waals surface area contributed by atoms with Crippen molar-refractivity contribution in [2.75, 3.05) is 6.61 Å². The largest absolute Gasteiger partial charge is 0.466 e. The molecule has 0 aliphatic heterocycles. The standard InChI is InChI=1S/C34H28F3NO5/c1-3-41-33(40)19-26-21-38(32-18-25(9-16-31(26)32)24-5-4-6-30(17-24)42-22(2)39)20-23-7-12-28(13-8-23)43-29-14-10-27(11-15-29)34(35,36)37/h4-18,21H,3,19-20H2,1-2H3. The molecule has 1 aromatic heterocycles. The van der Waals surface area contributed by atoms with Crippen molar-refractivity contribution in [2.24, 2.45) is 0 Å². The van der Waals surface area contributed by atoms with E-state index in [2.05, 4.69) is 4.57 Å². The van der Waals surface area contributed by atoms with Crippen LogP contribution in [0.15, 0.2) is 97.2 Å². The molecule has 0 saturated carbocycles. The number of carbonyl (C=O) groups is 2. The Kier molecular flexibility index (Phi) is 8.52. The lowest BCUT2D eigenvalue weighted by molar-refractivity contribution is -0.142. The molecule has 5 aromatic rings. The fraction of sp³-hybridized carbons (Fsp3) is 0.176. The van der Waals surface area contributed by atoms with Gasteiger partial charge in [0.25, 0.3) is 0 Å². The number of rotatable bonds is 9. The van der Waals surface area contributed by atoms with Crippen LogP contribution >= 0.6 is 0 Å². The Bertz CT molecular complexity index is 1760. The van der Waals surface area contributed by atoms with Crippen molar-refractivity contribution in [1.82, 2.24) is 4.57 Å². The number of fused-ring (bicyclic) bond motifs is 1. The third-order valence-corrected chi connectivity index (χ3v) is 6.73. The molecule has 0 bridgehead atoms. The summed E-state index contributed by atoms with van der Waals surface area (Å²) in [7, 11) is 0. The van der Waals surface area contributed by atoms with Gasteiger partial charge in [-0.3, -0.25) is 9.59 Å². The summed E-state index contributed by atoms with van der Waals surface area (Å²) in [5, 5.41) is 0.912. The topological polar surface area (TPSA) is 66.8 Å². The van der Waals surface area contributed by atoms with Gasteiger partial charge in [-0.1, -0.05) is 36.4 Å². The van der Waals surface area contributed by atoms with E-state index in [1.54, 1.807) is 31.2 Å². The highest BCUT2D eigenvalue weighted by Gasteiger charge is 2.30. The molecule has 0 radical (unpaired) electrons. The molecule has 4 aromatic carbocycles. The number of nitrogens with zero attached hydrogens (tertiary/aromatic N) is 1. The Balaban J connectivity index is 1.42. The molecule has 0 spiro atoms. The number of hydrogen-bond donors (Lipinski definition) is 0. The predicted octanol–water partition coefficient (Wildman–Crippen LogP) is 8.20. The Morgan fingerprint density at radius 3 is 2.14 bits per heavy atom. The van der Waals surface area contributed by atoms with Crippen LogP contribution in [0.25, 0.3) is 22.0 Å². The molecule has 0 saturated heterocycles. The lowest BCUT2D eigenvalue weighted by Crippen LogP contribution is -2.07. The molecule has 6 nitrogen and oxygen atoms in total. The maximum atomic E-state index is 12.8. The average Bonchev–Trinajstić information content (AvgIpc) is 3.29. The summed E-state index contributed by atoms with van der Waals surface area (Å²) in [6, 6.07) is 25.0. The Morgan fingerprint density at radius 1 is 0.814 bits per heavy atom. The minimum atomic E-state index is -4.41. The van der Waals surface area contributed by atoms with E-state index in [0.29, 0.717) is 30.4 Å². The molecule has 220 valence electrons. The van der Waals surface area contributed by atoms with Crippen molar-refractivity contribution in [3.8, 4) is 28.4 Å². The molecule has 0 aliphatic rings. The number of benzene rings is 4. The molecule has 0 N–H and O–H groups in total. The van der Waals surface area contributed by atoms with Crippen LogP contribution in [0.5, 0.6) is 17.2 Å². The van der Waals surface area contributed by atoms with Crippen LogP contribution in [-0.4, -0.2) is 23.1 Å². The molecule has 0 atom stereocenters. The number of halogens is 3. The maximum Gasteiger partial charge on any atom is 0.416 e. The molecular weight excluding hydrogens is 559 g/mol. The van der Waals surface area contributed by atoms with Crippen LogP contribution in [0.1, 0.15) is 30.5 Å². The number of carbonyl (C=O) groups excluding carboxylic acids is 2. The third kappa shape index (κ3) is 7.24. The van der Waals surface area contributed by atoms with E-state index in [4.69, 9.17) is 14.2 Å². The van der Waals surface area contributed by atoms with E-state index in [-0.39, 0.29) is 12.4 Å². The second-order valence-electron chi connectivity index (χ2n) is 9.89. The quantitative estimate of drug-likeness (QED) is 0.128. The van der Waals surface area contributed by atoms with Gasteiger partial charge in [-0.2, -0.15) is 13.2 Å². The van der Waals surface area contributed by atoms with Gasteiger partial charge in [-0.15, -0.1) is 0 Å². The van der Waals surface area contributed by atoms with Gasteiger partial charge in [-0.25, -0.2) is 0 Å². The molecule has 43 heavy (non-hydrogen) atoms. The van der Waals surface area contributed by atoms with Crippen molar-refractivity contribution in [3.63, 3.8) is 0 Å². The van der Waals surface area contributed by atoms with E-state index in [0.717, 1.165) is 45.3 Å². The van der Waals surface area contributed by atoms with Crippen LogP contribution < -0.4 is 9.47 Å². The lowest BCUT2D eigenvalue weighted by Gasteiger charge is -2.11. The molecule has 0 unspecified atom stereocenters. The monoisotopic (exact) mass is 587 g/mol. The first-order valence-electron chi connectivity index (χ1n) is 13.6. The number of aromatic nitrogens is 1. The van der Waals surface area contributed by atoms with Crippen molar-refractivity contribution in [2.45, 2.75) is 33.0 Å². The van der Waals surface area contributed by atoms with Crippen molar-refractivity contribution < 1.29 is 37.0 Å². The van der Waals surface area contributed by atoms with Crippen LogP contribution in [0, 0.1) is 0 Å². The van der Waals surface area contributed by atoms with Crippen molar-refractivity contribution >= 4 is 22.8 Å². The first-order valence-corrected chi connectivity index (χ1v) is 13.6. The van der Waals surface area contributed by atoms with Gasteiger partial charge in [0.15, 0.2) is 0 Å². The highest BCUT2D eigenvalue weighted by atomic mass is 19.4. The molecule has 9 heteroatoms. The summed E-state index contributed by atoms with van der Waals surface area (Å²) in [5.41, 5.74) is 3.71. The average molecular weight is 588 g/mol. The zero-order valence-corrected chi connectivity index (χ0v) is 23.5. The zero-order valence-electron chi connectivity index (χ0n) is 23.5. The van der Waals surface area contributed by atoms with Crippen LogP contribution in [0.2, 0.25) is 0 Å². The second kappa shape index (κ2) is 12.4. The fourth-order valence-corrected chi connectivity index (χ4v) is 4.80. The second-order valence-corrected chi connectivity index (χ2v) is 9.89. The van der Waals surface area contributed by atoms with Crippen LogP contribution in [0.3, 0.4) is 0 Å². The molecule has 0 fully saturated rings. The number of hydrogen-bond acceptors (Lipinski definition) is 5. The van der Waals surface area contributed by atoms with Gasteiger partial charge >= 0.3 is 18.1 Å². The van der Waals surface area contributed by atoms with Crippen LogP contribution in [-0.2, 0) is 33.5 Å². The summed E-state index contributed by atoms with van der Waals surface area (Å²) in [6.07, 6.45) is -2.35. The molecular formula is C34H28F3NO5. The maximum absolute atomic E-state index is 12.8. The zero-order chi connectivity index (χ0) is 30.6. The summed E-state index contributed by atoms with van der Waals surface area (Å²) in [4.78, 5) is 23.8. The highest BCUT2D eigenvalue weighted by Crippen LogP contribution is 2.33. The highest BCUT2D eigenvalue weighted by molar-refractivity contribution is 5.91. The molecule has 1 heterocycles. The van der Waals surface area contributed by atoms with E-state index < -0.39 is 17.7 Å². The van der Waals surface area contributed by atoms with E-state index in [9.17, 15) is 22.8 Å². The van der Waals surface area contributed by atoms with Gasteiger partial charge in [0.05, 0.1) is 18.6 Å². The first-order chi connectivity index (χ1) is 20.6. The van der Waals surface area contributed by atoms with E-state index >= 15 is 0 Å². The van der Waals surface area contributed by atoms with Crippen LogP contribution in [0.4, 0.5) is 13.2 Å². The normalized spacial score (nSPS) is 11.4. The van der Waals surface area contributed by atoms with Crippen molar-refractivity contribution in [1.29, 1.82) is 0 Å². The van der Waals surface area contributed by atoms with Gasteiger partial charge in [0, 0.05) is 30.6 Å². The predicted molar refractivity (Wildman–Crippen MR) is 156 cm³/mol. The molecule has 0 aliphatic carbocycles. The Hall–Kier alpha value is -5.05. The minimum Gasteiger partial charge on any atom is -0.466 e. The Labute approximate surface area is 246 Å². The number of esters is 2. The summed E-state index contributed by atoms with van der Waals surface area (Å²) >= 11 is 0. The lowest BCUT2D eigenvalue weighted by atomic mass is 10.0. The molecule has 0 amide bonds. The van der Waals surface area contributed by atoms with Gasteiger partial charge in [0.2, 0.25) is 0 Å². The minimum absolute atomic E-state index is 0.124. The number of alkyl halides is 3. The summed E-state index contributed by atoms with van der Waals surface area (Å²) in [5.74, 6) is 0.511. The first kappa shape index (κ1) is 29.4. The summed E-state index contributed by atoms with van der Waals surface area (Å²) < 4.78 is 56.8. The SMILES string of the molecule is CCOC(=O)Cc1cn(Cc2ccc(Oc3ccc(C(F)(F)F)cc3)cc2)c2cc(-c3cccc(OC(C)=O)c3)ccc12. The van der Waals surface area contributed by atoms with Gasteiger partial charge in [0.1, 0.15) is 17.2 Å². The van der Waals surface area contributed by atoms with Gasteiger partial charge < -0.3 is 18.8 Å². The molecule has 5 rings (SSSR count). The smallest absolute Gasteiger partial charge is 0.416 e.